The van der Waals surface area contributed by atoms with Crippen LogP contribution in [0.15, 0.2) is 53.6 Å². The van der Waals surface area contributed by atoms with Gasteiger partial charge < -0.3 is 15.1 Å². The Labute approximate surface area is 212 Å². The summed E-state index contributed by atoms with van der Waals surface area (Å²) in [7, 11) is -4.05. The number of fused-ring (bicyclic) bond motifs is 1. The summed E-state index contributed by atoms with van der Waals surface area (Å²) in [5.74, 6) is -3.85. The monoisotopic (exact) mass is 529 g/mol. The Bertz CT molecular complexity index is 1520. The lowest BCUT2D eigenvalue weighted by Gasteiger charge is -2.37. The third-order valence-corrected chi connectivity index (χ3v) is 8.58. The average molecular weight is 530 g/mol. The zero-order chi connectivity index (χ0) is 26.7. The van der Waals surface area contributed by atoms with Crippen LogP contribution in [0.4, 0.5) is 14.5 Å². The molecule has 0 radical (unpaired) electrons. The Morgan fingerprint density at radius 3 is 2.49 bits per heavy atom. The summed E-state index contributed by atoms with van der Waals surface area (Å²) in [6.45, 7) is 1.95. The van der Waals surface area contributed by atoms with Crippen LogP contribution < -0.4 is 4.90 Å². The number of hydrogen-bond donors (Lipinski definition) is 2. The smallest absolute Gasteiger partial charge is 0.275 e. The van der Waals surface area contributed by atoms with E-state index in [0.717, 1.165) is 21.5 Å². The number of phenolic OH excluding ortho intramolecular Hbond substituents is 2. The van der Waals surface area contributed by atoms with Crippen molar-refractivity contribution in [1.29, 1.82) is 0 Å². The fourth-order valence-electron chi connectivity index (χ4n) is 4.82. The maximum atomic E-state index is 13.3. The summed E-state index contributed by atoms with van der Waals surface area (Å²) in [5, 5.41) is 19.8. The Morgan fingerprint density at radius 2 is 1.84 bits per heavy atom. The lowest BCUT2D eigenvalue weighted by atomic mass is 9.92. The molecule has 2 aromatic carbocycles. The predicted octanol–water partition coefficient (Wildman–Crippen LogP) is 4.09. The summed E-state index contributed by atoms with van der Waals surface area (Å²) >= 11 is 0. The lowest BCUT2D eigenvalue weighted by molar-refractivity contribution is -0.0945. The number of aryl methyl sites for hydroxylation is 2. The van der Waals surface area contributed by atoms with Gasteiger partial charge in [0.1, 0.15) is 16.4 Å². The average Bonchev–Trinajstić information content (AvgIpc) is 2.81. The van der Waals surface area contributed by atoms with Crippen LogP contribution in [0.25, 0.3) is 11.3 Å². The van der Waals surface area contributed by atoms with Crippen LogP contribution in [-0.4, -0.2) is 58.9 Å². The largest absolute Gasteiger partial charge is 0.508 e. The third kappa shape index (κ3) is 4.42. The molecule has 0 bridgehead atoms. The molecule has 0 saturated carbocycles. The van der Waals surface area contributed by atoms with Crippen molar-refractivity contribution in [3.63, 3.8) is 0 Å². The number of anilines is 1. The molecule has 2 N–H and O–H groups in total. The predicted molar refractivity (Wildman–Crippen MR) is 132 cm³/mol. The molecule has 194 valence electrons. The molecule has 1 amide bonds. The fourth-order valence-corrected chi connectivity index (χ4v) is 6.35. The molecule has 1 fully saturated rings. The minimum absolute atomic E-state index is 0.0795. The summed E-state index contributed by atoms with van der Waals surface area (Å²) < 4.78 is 52.5. The number of halogens is 2. The topological polar surface area (TPSA) is 111 Å². The molecule has 3 aromatic rings. The van der Waals surface area contributed by atoms with Crippen molar-refractivity contribution < 1.29 is 32.2 Å². The maximum Gasteiger partial charge on any atom is 0.275 e. The number of carbonyl (C=O) groups excluding carboxylic acids is 1. The zero-order valence-corrected chi connectivity index (χ0v) is 21.0. The highest BCUT2D eigenvalue weighted by molar-refractivity contribution is 7.89. The fraction of sp³-hybridized carbons (Fsp3) is 0.308. The van der Waals surface area contributed by atoms with E-state index in [-0.39, 0.29) is 33.9 Å². The first-order valence-electron chi connectivity index (χ1n) is 11.7. The normalized spacial score (nSPS) is 19.2. The number of nitrogens with zero attached hydrogens (tertiary/aromatic N) is 3. The number of benzene rings is 2. The Kier molecular flexibility index (Phi) is 5.95. The molecule has 1 saturated heterocycles. The van der Waals surface area contributed by atoms with Crippen molar-refractivity contribution in [3.05, 3.63) is 65.4 Å². The van der Waals surface area contributed by atoms with Gasteiger partial charge in [0.05, 0.1) is 24.3 Å². The van der Waals surface area contributed by atoms with Gasteiger partial charge in [0, 0.05) is 29.6 Å². The van der Waals surface area contributed by atoms with E-state index < -0.39 is 29.0 Å². The van der Waals surface area contributed by atoms with Gasteiger partial charge in [-0.15, -0.1) is 0 Å². The summed E-state index contributed by atoms with van der Waals surface area (Å²) in [5.41, 5.74) is 3.50. The van der Waals surface area contributed by atoms with Crippen LogP contribution in [0.2, 0.25) is 0 Å². The van der Waals surface area contributed by atoms with Gasteiger partial charge in [-0.2, -0.15) is 4.31 Å². The van der Waals surface area contributed by atoms with Crippen LogP contribution in [0, 0.1) is 6.92 Å². The van der Waals surface area contributed by atoms with E-state index in [9.17, 15) is 32.2 Å². The first-order valence-corrected chi connectivity index (χ1v) is 13.1. The maximum absolute atomic E-state index is 13.3. The number of aromatic nitrogens is 1. The number of alkyl halides is 2. The van der Waals surface area contributed by atoms with Crippen molar-refractivity contribution in [2.45, 2.75) is 43.5 Å². The molecule has 1 aromatic heterocycles. The van der Waals surface area contributed by atoms with E-state index in [1.165, 1.54) is 24.4 Å². The number of aromatic hydroxyl groups is 2. The molecule has 0 aliphatic carbocycles. The molecule has 3 heterocycles. The molecule has 11 heteroatoms. The van der Waals surface area contributed by atoms with E-state index in [4.69, 9.17) is 0 Å². The molecule has 2 aliphatic heterocycles. The molecule has 0 unspecified atom stereocenters. The molecular weight excluding hydrogens is 504 g/mol. The molecule has 1 atom stereocenters. The molecule has 2 aliphatic rings. The van der Waals surface area contributed by atoms with Crippen molar-refractivity contribution in [1.82, 2.24) is 9.29 Å². The molecule has 37 heavy (non-hydrogen) atoms. The van der Waals surface area contributed by atoms with Crippen molar-refractivity contribution in [3.8, 4) is 22.8 Å². The van der Waals surface area contributed by atoms with E-state index in [2.05, 4.69) is 4.98 Å². The highest BCUT2D eigenvalue weighted by atomic mass is 32.2. The second-order valence-electron chi connectivity index (χ2n) is 9.57. The van der Waals surface area contributed by atoms with E-state index in [1.54, 1.807) is 24.0 Å². The van der Waals surface area contributed by atoms with Gasteiger partial charge >= 0.3 is 0 Å². The quantitative estimate of drug-likeness (QED) is 0.527. The van der Waals surface area contributed by atoms with Crippen LogP contribution in [0.5, 0.6) is 11.5 Å². The van der Waals surface area contributed by atoms with Gasteiger partial charge in [-0.3, -0.25) is 9.78 Å². The number of phenols is 2. The Balaban J connectivity index is 1.45. The third-order valence-electron chi connectivity index (χ3n) is 6.82. The van der Waals surface area contributed by atoms with E-state index in [0.29, 0.717) is 29.8 Å². The van der Waals surface area contributed by atoms with Crippen molar-refractivity contribution >= 4 is 21.6 Å². The van der Waals surface area contributed by atoms with E-state index in [1.807, 2.05) is 13.0 Å². The van der Waals surface area contributed by atoms with Crippen LogP contribution in [-0.2, 0) is 16.4 Å². The number of sulfonamides is 1. The number of amides is 1. The summed E-state index contributed by atoms with van der Waals surface area (Å²) in [4.78, 5) is 19.2. The number of rotatable bonds is 4. The van der Waals surface area contributed by atoms with Gasteiger partial charge in [-0.1, -0.05) is 6.07 Å². The van der Waals surface area contributed by atoms with E-state index >= 15 is 0 Å². The van der Waals surface area contributed by atoms with Crippen LogP contribution >= 0.6 is 0 Å². The first-order chi connectivity index (χ1) is 17.4. The Morgan fingerprint density at radius 1 is 1.11 bits per heavy atom. The van der Waals surface area contributed by atoms with Gasteiger partial charge in [-0.25, -0.2) is 17.2 Å². The molecule has 8 nitrogen and oxygen atoms in total. The summed E-state index contributed by atoms with van der Waals surface area (Å²) in [6, 6.07) is 10.6. The van der Waals surface area contributed by atoms with Crippen molar-refractivity contribution in [2.75, 3.05) is 18.0 Å². The summed E-state index contributed by atoms with van der Waals surface area (Å²) in [6.07, 6.45) is 2.56. The minimum atomic E-state index is -4.05. The van der Waals surface area contributed by atoms with Crippen LogP contribution in [0.1, 0.15) is 34.8 Å². The van der Waals surface area contributed by atoms with Gasteiger partial charge in [0.2, 0.25) is 10.0 Å². The second-order valence-corrected chi connectivity index (χ2v) is 11.5. The first kappa shape index (κ1) is 25.1. The highest BCUT2D eigenvalue weighted by Gasteiger charge is 2.50. The standard InChI is InChI=1S/C26H25F2N3O5S/c1-15-9-20(37(35,36)30-13-26(27,28)14-30)12-29-24(15)18-5-8-22-17(10-18)4-3-16(2)31(22)25(34)21-7-6-19(32)11-23(21)33/h5-12,16,32-33H,3-4,13-14H2,1-2H3/t16-/m0/s1. The Hall–Kier alpha value is -3.57. The molecular formula is C26H25F2N3O5S. The number of carbonyl (C=O) groups is 1. The highest BCUT2D eigenvalue weighted by Crippen LogP contribution is 2.37. The molecule has 5 rings (SSSR count). The second kappa shape index (κ2) is 8.77. The number of hydrogen-bond acceptors (Lipinski definition) is 6. The van der Waals surface area contributed by atoms with Gasteiger partial charge in [0.15, 0.2) is 0 Å². The minimum Gasteiger partial charge on any atom is -0.508 e. The zero-order valence-electron chi connectivity index (χ0n) is 20.1. The van der Waals surface area contributed by atoms with Gasteiger partial charge in [0.25, 0.3) is 11.8 Å². The van der Waals surface area contributed by atoms with Crippen LogP contribution in [0.3, 0.4) is 0 Å². The van der Waals surface area contributed by atoms with Gasteiger partial charge in [-0.05, 0) is 68.1 Å². The molecule has 0 spiro atoms. The SMILES string of the molecule is Cc1cc(S(=O)(=O)N2CC(F)(F)C2)cnc1-c1ccc2c(c1)CC[C@H](C)N2C(=O)c1ccc(O)cc1O. The number of pyridine rings is 1. The van der Waals surface area contributed by atoms with Crippen molar-refractivity contribution in [2.24, 2.45) is 0 Å². The lowest BCUT2D eigenvalue weighted by Crippen LogP contribution is -2.58.